The maximum absolute atomic E-state index is 12.6. The summed E-state index contributed by atoms with van der Waals surface area (Å²) >= 11 is 0. The number of hydrogen-bond donors (Lipinski definition) is 2. The predicted octanol–water partition coefficient (Wildman–Crippen LogP) is 4.83. The van der Waals surface area contributed by atoms with E-state index in [0.717, 1.165) is 5.56 Å². The molecule has 0 aliphatic rings. The molecule has 0 unspecified atom stereocenters. The normalized spacial score (nSPS) is 10.6. The second-order valence-corrected chi connectivity index (χ2v) is 7.88. The number of nitrogens with zero attached hydrogens (tertiary/aromatic N) is 1. The van der Waals surface area contributed by atoms with Crippen molar-refractivity contribution in [3.63, 3.8) is 0 Å². The average molecular weight is 498 g/mol. The van der Waals surface area contributed by atoms with Gasteiger partial charge < -0.3 is 19.2 Å². The maximum Gasteiger partial charge on any atom is 0.379 e. The van der Waals surface area contributed by atoms with Crippen molar-refractivity contribution in [2.75, 3.05) is 12.4 Å². The summed E-state index contributed by atoms with van der Waals surface area (Å²) in [6.07, 6.45) is 2.79. The molecule has 0 radical (unpaired) electrons. The number of carbonyl (C=O) groups is 3. The molecule has 4 rings (SSSR count). The topological polar surface area (TPSA) is 119 Å². The Labute approximate surface area is 212 Å². The van der Waals surface area contributed by atoms with Crippen LogP contribution >= 0.6 is 0 Å². The van der Waals surface area contributed by atoms with E-state index in [9.17, 15) is 14.4 Å². The molecule has 0 spiro atoms. The highest BCUT2D eigenvalue weighted by Crippen LogP contribution is 2.28. The first kappa shape index (κ1) is 24.9. The van der Waals surface area contributed by atoms with Gasteiger partial charge in [-0.2, -0.15) is 5.10 Å². The van der Waals surface area contributed by atoms with Crippen LogP contribution in [0.15, 0.2) is 94.6 Å². The zero-order valence-electron chi connectivity index (χ0n) is 20.1. The highest BCUT2D eigenvalue weighted by Gasteiger charge is 2.15. The summed E-state index contributed by atoms with van der Waals surface area (Å²) in [4.78, 5) is 37.2. The summed E-state index contributed by atoms with van der Waals surface area (Å²) in [7, 11) is 1.44. The first-order chi connectivity index (χ1) is 17.9. The van der Waals surface area contributed by atoms with Crippen LogP contribution < -0.4 is 20.2 Å². The number of hydrazone groups is 1. The summed E-state index contributed by atoms with van der Waals surface area (Å²) in [6.45, 7) is 1.91. The predicted molar refractivity (Wildman–Crippen MR) is 137 cm³/mol. The third-order valence-corrected chi connectivity index (χ3v) is 5.16. The molecule has 0 aliphatic heterocycles. The van der Waals surface area contributed by atoms with Crippen LogP contribution in [-0.4, -0.2) is 31.1 Å². The van der Waals surface area contributed by atoms with E-state index < -0.39 is 11.9 Å². The quantitative estimate of drug-likeness (QED) is 0.156. The van der Waals surface area contributed by atoms with Crippen molar-refractivity contribution in [3.05, 3.63) is 113 Å². The molecule has 0 aliphatic carbocycles. The van der Waals surface area contributed by atoms with Gasteiger partial charge in [-0.1, -0.05) is 23.8 Å². The minimum atomic E-state index is -0.658. The van der Waals surface area contributed by atoms with Crippen molar-refractivity contribution in [2.24, 2.45) is 5.10 Å². The van der Waals surface area contributed by atoms with Crippen LogP contribution in [0.3, 0.4) is 0 Å². The Hall–Kier alpha value is -5.18. The lowest BCUT2D eigenvalue weighted by molar-refractivity contribution is 0.0696. The molecular formula is C28H23N3O6. The van der Waals surface area contributed by atoms with E-state index in [-0.39, 0.29) is 17.4 Å². The molecule has 9 heteroatoms. The summed E-state index contributed by atoms with van der Waals surface area (Å²) in [5.41, 5.74) is 5.33. The first-order valence-electron chi connectivity index (χ1n) is 11.2. The fourth-order valence-corrected chi connectivity index (χ4v) is 3.35. The van der Waals surface area contributed by atoms with E-state index in [2.05, 4.69) is 15.8 Å². The average Bonchev–Trinajstić information content (AvgIpc) is 3.45. The third-order valence-electron chi connectivity index (χ3n) is 5.16. The Kier molecular flexibility index (Phi) is 7.75. The molecule has 2 amide bonds. The van der Waals surface area contributed by atoms with Gasteiger partial charge in [0.1, 0.15) is 0 Å². The Bertz CT molecular complexity index is 1460. The number of nitrogens with one attached hydrogen (secondary N) is 2. The molecule has 0 saturated carbocycles. The van der Waals surface area contributed by atoms with E-state index in [1.807, 2.05) is 19.1 Å². The molecule has 2 N–H and O–H groups in total. The SMILES string of the molecule is COc1cc(C=NNC(=O)c2cccc(NC(=O)c3cccc(C)c3)c2)ccc1OC(=O)c1ccco1. The van der Waals surface area contributed by atoms with E-state index >= 15 is 0 Å². The molecular weight excluding hydrogens is 474 g/mol. The van der Waals surface area contributed by atoms with Gasteiger partial charge in [0.05, 0.1) is 19.6 Å². The molecule has 4 aromatic rings. The van der Waals surface area contributed by atoms with Crippen LogP contribution in [0.4, 0.5) is 5.69 Å². The molecule has 0 atom stereocenters. The summed E-state index contributed by atoms with van der Waals surface area (Å²) in [6, 6.07) is 21.6. The summed E-state index contributed by atoms with van der Waals surface area (Å²) < 4.78 is 15.6. The standard InChI is InChI=1S/C28H23N3O6/c1-18-6-3-7-20(14-18)26(32)30-22-9-4-8-21(16-22)27(33)31-29-17-19-11-12-23(25(15-19)35-2)37-28(34)24-10-5-13-36-24/h3-17H,1-2H3,(H,30,32)(H,31,33). The zero-order valence-corrected chi connectivity index (χ0v) is 20.1. The second-order valence-electron chi connectivity index (χ2n) is 7.88. The number of aryl methyl sites for hydroxylation is 1. The van der Waals surface area contributed by atoms with Crippen molar-refractivity contribution in [2.45, 2.75) is 6.92 Å². The first-order valence-corrected chi connectivity index (χ1v) is 11.2. The highest BCUT2D eigenvalue weighted by molar-refractivity contribution is 6.05. The van der Waals surface area contributed by atoms with Gasteiger partial charge in [-0.3, -0.25) is 9.59 Å². The van der Waals surface area contributed by atoms with Crippen LogP contribution in [-0.2, 0) is 0 Å². The van der Waals surface area contributed by atoms with Gasteiger partial charge in [-0.15, -0.1) is 0 Å². The van der Waals surface area contributed by atoms with Crippen LogP contribution in [0.2, 0.25) is 0 Å². The number of amides is 2. The fraction of sp³-hybridized carbons (Fsp3) is 0.0714. The molecule has 186 valence electrons. The number of hydrogen-bond acceptors (Lipinski definition) is 7. The summed E-state index contributed by atoms with van der Waals surface area (Å²) in [5, 5.41) is 6.77. The van der Waals surface area contributed by atoms with Crippen LogP contribution in [0.25, 0.3) is 0 Å². The number of furan rings is 1. The Morgan fingerprint density at radius 1 is 0.865 bits per heavy atom. The van der Waals surface area contributed by atoms with Crippen molar-refractivity contribution >= 4 is 29.7 Å². The van der Waals surface area contributed by atoms with Crippen LogP contribution in [0.5, 0.6) is 11.5 Å². The number of anilines is 1. The number of carbonyl (C=O) groups excluding carboxylic acids is 3. The lowest BCUT2D eigenvalue weighted by atomic mass is 10.1. The van der Waals surface area contributed by atoms with Crippen LogP contribution in [0, 0.1) is 6.92 Å². The largest absolute Gasteiger partial charge is 0.493 e. The Morgan fingerprint density at radius 3 is 2.38 bits per heavy atom. The fourth-order valence-electron chi connectivity index (χ4n) is 3.35. The molecule has 1 aromatic heterocycles. The highest BCUT2D eigenvalue weighted by atomic mass is 16.6. The molecule has 3 aromatic carbocycles. The number of methoxy groups -OCH3 is 1. The van der Waals surface area contributed by atoms with E-state index in [1.165, 1.54) is 25.7 Å². The Morgan fingerprint density at radius 2 is 1.65 bits per heavy atom. The molecule has 9 nitrogen and oxygen atoms in total. The van der Waals surface area contributed by atoms with Crippen molar-refractivity contribution < 1.29 is 28.3 Å². The van der Waals surface area contributed by atoms with Crippen molar-refractivity contribution in [1.29, 1.82) is 0 Å². The molecule has 0 fully saturated rings. The van der Waals surface area contributed by atoms with Gasteiger partial charge in [0.15, 0.2) is 11.5 Å². The summed E-state index contributed by atoms with van der Waals surface area (Å²) in [5.74, 6) is -0.823. The van der Waals surface area contributed by atoms with Gasteiger partial charge in [-0.05, 0) is 73.2 Å². The third kappa shape index (κ3) is 6.49. The number of esters is 1. The molecule has 1 heterocycles. The molecule has 0 bridgehead atoms. The minimum Gasteiger partial charge on any atom is -0.493 e. The van der Waals surface area contributed by atoms with Gasteiger partial charge in [0.25, 0.3) is 11.8 Å². The maximum atomic E-state index is 12.6. The van der Waals surface area contributed by atoms with E-state index in [4.69, 9.17) is 13.9 Å². The van der Waals surface area contributed by atoms with Crippen molar-refractivity contribution in [3.8, 4) is 11.5 Å². The van der Waals surface area contributed by atoms with Gasteiger partial charge in [0.2, 0.25) is 5.76 Å². The number of rotatable bonds is 8. The zero-order chi connectivity index (χ0) is 26.2. The second kappa shape index (κ2) is 11.5. The van der Waals surface area contributed by atoms with Gasteiger partial charge in [-0.25, -0.2) is 10.2 Å². The van der Waals surface area contributed by atoms with Gasteiger partial charge in [0, 0.05) is 16.8 Å². The minimum absolute atomic E-state index is 0.0641. The number of ether oxygens (including phenoxy) is 2. The molecule has 37 heavy (non-hydrogen) atoms. The van der Waals surface area contributed by atoms with Crippen LogP contribution in [0.1, 0.15) is 42.4 Å². The lowest BCUT2D eigenvalue weighted by Gasteiger charge is -2.09. The monoisotopic (exact) mass is 497 g/mol. The van der Waals surface area contributed by atoms with E-state index in [1.54, 1.807) is 60.7 Å². The smallest absolute Gasteiger partial charge is 0.379 e. The van der Waals surface area contributed by atoms with Gasteiger partial charge >= 0.3 is 5.97 Å². The number of benzene rings is 3. The van der Waals surface area contributed by atoms with Crippen molar-refractivity contribution in [1.82, 2.24) is 5.43 Å². The Balaban J connectivity index is 1.38. The molecule has 0 saturated heterocycles. The lowest BCUT2D eigenvalue weighted by Crippen LogP contribution is -2.18. The van der Waals surface area contributed by atoms with E-state index in [0.29, 0.717) is 28.1 Å².